The molecule has 0 aliphatic heterocycles. The molecule has 0 saturated heterocycles. The highest BCUT2D eigenvalue weighted by molar-refractivity contribution is 7.89. The first-order valence-corrected chi connectivity index (χ1v) is 9.73. The second kappa shape index (κ2) is 8.13. The van der Waals surface area contributed by atoms with Gasteiger partial charge in [-0.25, -0.2) is 8.42 Å². The lowest BCUT2D eigenvalue weighted by molar-refractivity contribution is -0.116. The van der Waals surface area contributed by atoms with Crippen LogP contribution in [0.25, 0.3) is 6.08 Å². The molecule has 24 heavy (non-hydrogen) atoms. The van der Waals surface area contributed by atoms with Crippen molar-refractivity contribution in [2.75, 3.05) is 6.26 Å². The first-order chi connectivity index (χ1) is 11.3. The first-order valence-electron chi connectivity index (χ1n) is 7.29. The molecule has 0 fully saturated rings. The highest BCUT2D eigenvalue weighted by Gasteiger charge is 2.04. The zero-order valence-electron chi connectivity index (χ0n) is 13.2. The van der Waals surface area contributed by atoms with Crippen LogP contribution in [0.3, 0.4) is 0 Å². The third kappa shape index (κ3) is 6.56. The second-order valence-electron chi connectivity index (χ2n) is 5.49. The molecule has 0 heterocycles. The lowest BCUT2D eigenvalue weighted by Gasteiger charge is -2.04. The van der Waals surface area contributed by atoms with Gasteiger partial charge >= 0.3 is 0 Å². The summed E-state index contributed by atoms with van der Waals surface area (Å²) in [5.74, 6) is -0.186. The smallest absolute Gasteiger partial charge is 0.244 e. The number of rotatable bonds is 6. The maximum Gasteiger partial charge on any atom is 0.244 e. The van der Waals surface area contributed by atoms with Gasteiger partial charge in [0.05, 0.1) is 5.75 Å². The third-order valence-corrected chi connectivity index (χ3v) is 4.33. The average Bonchev–Trinajstić information content (AvgIpc) is 2.52. The molecule has 126 valence electrons. The fraction of sp³-hybridized carbons (Fsp3) is 0.167. The molecule has 4 nitrogen and oxygen atoms in total. The monoisotopic (exact) mass is 363 g/mol. The number of carbonyl (C=O) groups excluding carboxylic acids is 1. The highest BCUT2D eigenvalue weighted by atomic mass is 35.5. The van der Waals surface area contributed by atoms with Gasteiger partial charge in [-0.2, -0.15) is 0 Å². The maximum absolute atomic E-state index is 11.8. The molecule has 1 amide bonds. The summed E-state index contributed by atoms with van der Waals surface area (Å²) in [5, 5.41) is 3.43. The molecule has 2 rings (SSSR count). The second-order valence-corrected chi connectivity index (χ2v) is 8.07. The van der Waals surface area contributed by atoms with Crippen LogP contribution in [0.5, 0.6) is 0 Å². The Labute approximate surface area is 147 Å². The Bertz CT molecular complexity index is 826. The molecule has 0 aliphatic carbocycles. The maximum atomic E-state index is 11.8. The van der Waals surface area contributed by atoms with Gasteiger partial charge in [-0.1, -0.05) is 48.0 Å². The Kier molecular flexibility index (Phi) is 6.17. The van der Waals surface area contributed by atoms with Crippen LogP contribution in [-0.2, 0) is 26.9 Å². The zero-order valence-corrected chi connectivity index (χ0v) is 14.8. The van der Waals surface area contributed by atoms with Crippen molar-refractivity contribution in [3.63, 3.8) is 0 Å². The first kappa shape index (κ1) is 18.2. The molecule has 2 aromatic rings. The van der Waals surface area contributed by atoms with Crippen molar-refractivity contribution in [3.05, 3.63) is 76.3 Å². The van der Waals surface area contributed by atoms with Crippen molar-refractivity contribution in [3.8, 4) is 0 Å². The van der Waals surface area contributed by atoms with Crippen molar-refractivity contribution in [2.24, 2.45) is 0 Å². The van der Waals surface area contributed by atoms with Gasteiger partial charge in [-0.05, 0) is 34.9 Å². The molecular weight excluding hydrogens is 346 g/mol. The summed E-state index contributed by atoms with van der Waals surface area (Å²) >= 11 is 5.80. The highest BCUT2D eigenvalue weighted by Crippen LogP contribution is 2.11. The van der Waals surface area contributed by atoms with Crippen LogP contribution in [0.4, 0.5) is 0 Å². The Morgan fingerprint density at radius 1 is 1.04 bits per heavy atom. The number of carbonyl (C=O) groups is 1. The number of benzene rings is 2. The van der Waals surface area contributed by atoms with E-state index in [1.165, 1.54) is 12.3 Å². The molecule has 0 unspecified atom stereocenters. The van der Waals surface area contributed by atoms with Gasteiger partial charge in [0.1, 0.15) is 0 Å². The van der Waals surface area contributed by atoms with E-state index < -0.39 is 9.84 Å². The van der Waals surface area contributed by atoms with Crippen LogP contribution in [0.2, 0.25) is 5.02 Å². The van der Waals surface area contributed by atoms with Crippen molar-refractivity contribution in [1.82, 2.24) is 5.32 Å². The molecule has 0 aliphatic rings. The number of halogens is 1. The van der Waals surface area contributed by atoms with Crippen molar-refractivity contribution in [2.45, 2.75) is 12.3 Å². The minimum atomic E-state index is -3.04. The lowest BCUT2D eigenvalue weighted by Crippen LogP contribution is -2.20. The molecule has 0 spiro atoms. The molecule has 0 radical (unpaired) electrons. The van der Waals surface area contributed by atoms with E-state index in [9.17, 15) is 13.2 Å². The summed E-state index contributed by atoms with van der Waals surface area (Å²) in [7, 11) is -3.04. The minimum Gasteiger partial charge on any atom is -0.348 e. The SMILES string of the molecule is CS(=O)(=O)Cc1ccc(CNC(=O)C=Cc2ccc(Cl)cc2)cc1. The number of amides is 1. The topological polar surface area (TPSA) is 63.2 Å². The van der Waals surface area contributed by atoms with Gasteiger partial charge in [0, 0.05) is 23.9 Å². The van der Waals surface area contributed by atoms with E-state index >= 15 is 0 Å². The van der Waals surface area contributed by atoms with E-state index in [4.69, 9.17) is 11.6 Å². The number of hydrogen-bond donors (Lipinski definition) is 1. The van der Waals surface area contributed by atoms with Gasteiger partial charge in [-0.15, -0.1) is 0 Å². The molecule has 2 aromatic carbocycles. The summed E-state index contributed by atoms with van der Waals surface area (Å²) in [6.45, 7) is 0.378. The number of nitrogens with one attached hydrogen (secondary N) is 1. The van der Waals surface area contributed by atoms with Crippen LogP contribution in [0.1, 0.15) is 16.7 Å². The molecule has 0 bridgehead atoms. The van der Waals surface area contributed by atoms with Crippen LogP contribution in [-0.4, -0.2) is 20.6 Å². The summed E-state index contributed by atoms with van der Waals surface area (Å²) in [6.07, 6.45) is 4.37. The summed E-state index contributed by atoms with van der Waals surface area (Å²) < 4.78 is 22.5. The molecule has 6 heteroatoms. The molecule has 0 aromatic heterocycles. The normalized spacial score (nSPS) is 11.6. The summed E-state index contributed by atoms with van der Waals surface area (Å²) in [6, 6.07) is 14.3. The standard InChI is InChI=1S/C18H18ClNO3S/c1-24(22,23)13-16-4-2-15(3-5-16)12-20-18(21)11-8-14-6-9-17(19)10-7-14/h2-11H,12-13H2,1H3,(H,20,21). The van der Waals surface area contributed by atoms with Crippen LogP contribution in [0, 0.1) is 0 Å². The molecule has 1 N–H and O–H groups in total. The van der Waals surface area contributed by atoms with Crippen LogP contribution >= 0.6 is 11.6 Å². The zero-order chi connectivity index (χ0) is 17.6. The van der Waals surface area contributed by atoms with Crippen LogP contribution < -0.4 is 5.32 Å². The fourth-order valence-corrected chi connectivity index (χ4v) is 2.97. The van der Waals surface area contributed by atoms with E-state index in [1.54, 1.807) is 30.3 Å². The Morgan fingerprint density at radius 3 is 2.21 bits per heavy atom. The number of hydrogen-bond acceptors (Lipinski definition) is 3. The number of sulfone groups is 1. The van der Waals surface area contributed by atoms with Crippen LogP contribution in [0.15, 0.2) is 54.6 Å². The van der Waals surface area contributed by atoms with E-state index in [2.05, 4.69) is 5.32 Å². The Hall–Kier alpha value is -2.11. The fourth-order valence-electron chi connectivity index (χ4n) is 2.05. The van der Waals surface area contributed by atoms with E-state index in [1.807, 2.05) is 24.3 Å². The van der Waals surface area contributed by atoms with Gasteiger partial charge in [0.25, 0.3) is 0 Å². The van der Waals surface area contributed by atoms with Gasteiger partial charge in [-0.3, -0.25) is 4.79 Å². The van der Waals surface area contributed by atoms with E-state index in [0.29, 0.717) is 11.6 Å². The summed E-state index contributed by atoms with van der Waals surface area (Å²) in [5.41, 5.74) is 2.52. The Morgan fingerprint density at radius 2 is 1.62 bits per heavy atom. The van der Waals surface area contributed by atoms with Crippen molar-refractivity contribution < 1.29 is 13.2 Å². The average molecular weight is 364 g/mol. The van der Waals surface area contributed by atoms with Crippen molar-refractivity contribution in [1.29, 1.82) is 0 Å². The Balaban J connectivity index is 1.86. The predicted octanol–water partition coefficient (Wildman–Crippen LogP) is 3.21. The minimum absolute atomic E-state index is 0.0173. The summed E-state index contributed by atoms with van der Waals surface area (Å²) in [4.78, 5) is 11.8. The third-order valence-electron chi connectivity index (χ3n) is 3.22. The van der Waals surface area contributed by atoms with E-state index in [0.717, 1.165) is 16.7 Å². The largest absolute Gasteiger partial charge is 0.348 e. The molecule has 0 atom stereocenters. The van der Waals surface area contributed by atoms with E-state index in [-0.39, 0.29) is 11.7 Å². The van der Waals surface area contributed by atoms with Gasteiger partial charge in [0.2, 0.25) is 5.91 Å². The van der Waals surface area contributed by atoms with Crippen molar-refractivity contribution >= 4 is 33.4 Å². The quantitative estimate of drug-likeness (QED) is 0.801. The molecule has 0 saturated carbocycles. The molecular formula is C18H18ClNO3S. The predicted molar refractivity (Wildman–Crippen MR) is 97.3 cm³/mol. The van der Waals surface area contributed by atoms with Gasteiger partial charge < -0.3 is 5.32 Å². The van der Waals surface area contributed by atoms with Gasteiger partial charge in [0.15, 0.2) is 9.84 Å². The lowest BCUT2D eigenvalue weighted by atomic mass is 10.1.